The van der Waals surface area contributed by atoms with E-state index in [0.29, 0.717) is 0 Å². The Morgan fingerprint density at radius 3 is 2.17 bits per heavy atom. The summed E-state index contributed by atoms with van der Waals surface area (Å²) in [5.41, 5.74) is 5.55. The Bertz CT molecular complexity index is 759. The number of aryl methyl sites for hydroxylation is 1. The van der Waals surface area contributed by atoms with Crippen molar-refractivity contribution in [3.05, 3.63) is 71.4 Å². The van der Waals surface area contributed by atoms with Crippen LogP contribution in [-0.2, 0) is 0 Å². The van der Waals surface area contributed by atoms with Crippen molar-refractivity contribution in [3.63, 3.8) is 0 Å². The fourth-order valence-corrected chi connectivity index (χ4v) is 3.18. The average Bonchev–Trinajstić information content (AvgIpc) is 2.79. The lowest BCUT2D eigenvalue weighted by Gasteiger charge is -2.38. The van der Waals surface area contributed by atoms with Crippen molar-refractivity contribution < 1.29 is 1.41 Å². The smallest absolute Gasteiger partial charge is 0.162 e. The van der Waals surface area contributed by atoms with Gasteiger partial charge in [0.15, 0.2) is 1.41 Å². The molecule has 3 rings (SSSR count). The largest absolute Gasteiger partial charge is 0.363 e. The molecule has 23 heavy (non-hydrogen) atoms. The van der Waals surface area contributed by atoms with Crippen LogP contribution in [0.5, 0.6) is 0 Å². The Kier molecular flexibility index (Phi) is 3.60. The van der Waals surface area contributed by atoms with E-state index in [-0.39, 0.29) is 11.6 Å². The third-order valence-electron chi connectivity index (χ3n) is 4.40. The molecule has 0 aliphatic carbocycles. The molecule has 2 aromatic rings. The molecular weight excluding hydrogens is 280 g/mol. The number of hydrogen-bond donors (Lipinski definition) is 1. The number of allylic oxidation sites excluding steroid dienone is 1. The molecule has 2 nitrogen and oxygen atoms in total. The third-order valence-corrected chi connectivity index (χ3v) is 4.40. The minimum atomic E-state index is -0.0676. The average molecular weight is 307 g/mol. The second-order valence-corrected chi connectivity index (χ2v) is 7.33. The molecule has 1 aliphatic heterocycles. The minimum absolute atomic E-state index is 0.0474. The summed E-state index contributed by atoms with van der Waals surface area (Å²) in [6.07, 6.45) is -0.0474. The van der Waals surface area contributed by atoms with E-state index in [1.54, 1.807) is 5.31 Å². The monoisotopic (exact) mass is 307 g/mol. The molecule has 1 heterocycles. The van der Waals surface area contributed by atoms with Crippen LogP contribution in [0, 0.1) is 12.3 Å². The Balaban J connectivity index is 2.19. The molecule has 2 heteroatoms. The number of hydrogen-bond acceptors (Lipinski definition) is 2. The molecule has 1 N–H and O–H groups in total. The zero-order chi connectivity index (χ0) is 17.5. The van der Waals surface area contributed by atoms with E-state index >= 15 is 0 Å². The highest BCUT2D eigenvalue weighted by molar-refractivity contribution is 5.77. The van der Waals surface area contributed by atoms with Gasteiger partial charge in [-0.1, -0.05) is 69.3 Å². The fourth-order valence-electron chi connectivity index (χ4n) is 3.18. The number of para-hydroxylation sites is 1. The summed E-state index contributed by atoms with van der Waals surface area (Å²) in [7, 11) is 0. The van der Waals surface area contributed by atoms with Gasteiger partial charge in [0.05, 0.1) is 5.70 Å². The lowest BCUT2D eigenvalue weighted by Crippen LogP contribution is -2.47. The maximum atomic E-state index is 8.85. The number of nitrogens with zero attached hydrogens (tertiary/aromatic N) is 1. The van der Waals surface area contributed by atoms with E-state index in [1.807, 2.05) is 18.2 Å². The van der Waals surface area contributed by atoms with Crippen LogP contribution in [0.15, 0.2) is 60.3 Å². The summed E-state index contributed by atoms with van der Waals surface area (Å²) < 4.78 is 8.85. The first-order chi connectivity index (χ1) is 11.3. The molecular formula is C21H26N2. The standard InChI is InChI=1S/C21H26N2/c1-15-11-9-10-14-18(15)23-16(2)19(17-12-7-6-8-13-17)22-20(23)21(3,4)5/h6-14,20,22H,1-5H3/i/hD. The van der Waals surface area contributed by atoms with E-state index in [9.17, 15) is 0 Å². The van der Waals surface area contributed by atoms with Crippen molar-refractivity contribution in [2.24, 2.45) is 5.41 Å². The molecule has 0 saturated carbocycles. The van der Waals surface area contributed by atoms with Gasteiger partial charge in [0.2, 0.25) is 0 Å². The predicted molar refractivity (Wildman–Crippen MR) is 99.1 cm³/mol. The van der Waals surface area contributed by atoms with Crippen molar-refractivity contribution in [1.82, 2.24) is 5.31 Å². The second kappa shape index (κ2) is 5.77. The van der Waals surface area contributed by atoms with Gasteiger partial charge >= 0.3 is 0 Å². The fraction of sp³-hybridized carbons (Fsp3) is 0.333. The topological polar surface area (TPSA) is 15.3 Å². The van der Waals surface area contributed by atoms with Gasteiger partial charge < -0.3 is 10.2 Å². The molecule has 0 amide bonds. The zero-order valence-electron chi connectivity index (χ0n) is 15.7. The predicted octanol–water partition coefficient (Wildman–Crippen LogP) is 5.17. The summed E-state index contributed by atoms with van der Waals surface area (Å²) in [5.74, 6) is 0. The minimum Gasteiger partial charge on any atom is -0.363 e. The first-order valence-electron chi connectivity index (χ1n) is 8.66. The number of benzene rings is 2. The molecule has 1 unspecified atom stereocenters. The summed E-state index contributed by atoms with van der Waals surface area (Å²) in [4.78, 5) is 2.32. The first-order valence-corrected chi connectivity index (χ1v) is 8.21. The van der Waals surface area contributed by atoms with Crippen LogP contribution in [0.4, 0.5) is 5.69 Å². The molecule has 2 aromatic carbocycles. The van der Waals surface area contributed by atoms with Gasteiger partial charge in [0.1, 0.15) is 6.17 Å². The first kappa shape index (κ1) is 14.4. The lowest BCUT2D eigenvalue weighted by atomic mass is 9.91. The number of anilines is 1. The van der Waals surface area contributed by atoms with Gasteiger partial charge in [-0.15, -0.1) is 0 Å². The van der Waals surface area contributed by atoms with Gasteiger partial charge in [0, 0.05) is 16.8 Å². The number of nitrogens with one attached hydrogen (secondary N) is 1. The van der Waals surface area contributed by atoms with Gasteiger partial charge in [-0.3, -0.25) is 0 Å². The lowest BCUT2D eigenvalue weighted by molar-refractivity contribution is 0.303. The molecule has 0 spiro atoms. The highest BCUT2D eigenvalue weighted by atomic mass is 15.3. The van der Waals surface area contributed by atoms with Crippen LogP contribution >= 0.6 is 0 Å². The maximum absolute atomic E-state index is 8.85. The van der Waals surface area contributed by atoms with E-state index in [4.69, 9.17) is 1.41 Å². The van der Waals surface area contributed by atoms with Gasteiger partial charge in [-0.05, 0) is 31.0 Å². The maximum Gasteiger partial charge on any atom is 0.162 e. The van der Waals surface area contributed by atoms with Crippen LogP contribution in [0.1, 0.15) is 38.8 Å². The van der Waals surface area contributed by atoms with E-state index in [0.717, 1.165) is 17.0 Å². The van der Waals surface area contributed by atoms with Crippen molar-refractivity contribution in [2.75, 3.05) is 4.90 Å². The Hall–Kier alpha value is -2.22. The zero-order valence-corrected chi connectivity index (χ0v) is 14.7. The quantitative estimate of drug-likeness (QED) is 0.824. The van der Waals surface area contributed by atoms with Gasteiger partial charge in [0.25, 0.3) is 0 Å². The summed E-state index contributed by atoms with van der Waals surface area (Å²) >= 11 is 0. The number of rotatable bonds is 2. The van der Waals surface area contributed by atoms with E-state index in [2.05, 4.69) is 75.9 Å². The summed E-state index contributed by atoms with van der Waals surface area (Å²) in [6, 6.07) is 18.7. The van der Waals surface area contributed by atoms with Crippen molar-refractivity contribution in [2.45, 2.75) is 40.8 Å². The third kappa shape index (κ3) is 2.86. The van der Waals surface area contributed by atoms with Crippen molar-refractivity contribution in [3.8, 4) is 0 Å². The Morgan fingerprint density at radius 1 is 0.957 bits per heavy atom. The second-order valence-electron chi connectivity index (χ2n) is 7.33. The van der Waals surface area contributed by atoms with Crippen molar-refractivity contribution >= 4 is 11.4 Å². The van der Waals surface area contributed by atoms with Gasteiger partial charge in [-0.2, -0.15) is 0 Å². The van der Waals surface area contributed by atoms with E-state index in [1.165, 1.54) is 11.3 Å². The molecule has 120 valence electrons. The van der Waals surface area contributed by atoms with Crippen molar-refractivity contribution in [1.29, 1.82) is 0 Å². The summed E-state index contributed by atoms with van der Waals surface area (Å²) in [6.45, 7) is 10.9. The van der Waals surface area contributed by atoms with E-state index < -0.39 is 0 Å². The molecule has 0 fully saturated rings. The molecule has 0 aromatic heterocycles. The SMILES string of the molecule is [2H]N1C(c2ccccc2)=C(C)N(c2ccccc2C)C1C(C)(C)C. The molecule has 1 aliphatic rings. The Morgan fingerprint density at radius 2 is 1.57 bits per heavy atom. The van der Waals surface area contributed by atoms with Crippen LogP contribution in [-0.4, -0.2) is 6.17 Å². The highest BCUT2D eigenvalue weighted by Gasteiger charge is 2.38. The molecule has 0 bridgehead atoms. The molecule has 1 atom stereocenters. The van der Waals surface area contributed by atoms with Crippen LogP contribution in [0.3, 0.4) is 0 Å². The highest BCUT2D eigenvalue weighted by Crippen LogP contribution is 2.39. The van der Waals surface area contributed by atoms with Gasteiger partial charge in [-0.25, -0.2) is 0 Å². The molecule has 0 saturated heterocycles. The Labute approximate surface area is 141 Å². The van der Waals surface area contributed by atoms with Crippen LogP contribution in [0.2, 0.25) is 1.41 Å². The normalized spacial score (nSPS) is 19.3. The van der Waals surface area contributed by atoms with Crippen LogP contribution in [0.25, 0.3) is 5.70 Å². The van der Waals surface area contributed by atoms with Crippen LogP contribution < -0.4 is 10.2 Å². The molecule has 0 radical (unpaired) electrons. The summed E-state index contributed by atoms with van der Waals surface area (Å²) in [5, 5.41) is 1.69.